The number of rotatable bonds is 4. The van der Waals surface area contributed by atoms with Crippen molar-refractivity contribution in [3.8, 4) is 17.6 Å². The molecule has 20 heavy (non-hydrogen) atoms. The van der Waals surface area contributed by atoms with Crippen LogP contribution in [0.25, 0.3) is 0 Å². The van der Waals surface area contributed by atoms with Gasteiger partial charge in [-0.3, -0.25) is 0 Å². The molecule has 0 radical (unpaired) electrons. The summed E-state index contributed by atoms with van der Waals surface area (Å²) in [6.45, 7) is 4.84. The normalized spacial score (nSPS) is 10.1. The van der Waals surface area contributed by atoms with Crippen molar-refractivity contribution in [2.24, 2.45) is 0 Å². The Labute approximate surface area is 119 Å². The molecule has 0 aliphatic heterocycles. The molecule has 0 spiro atoms. The van der Waals surface area contributed by atoms with Crippen molar-refractivity contribution in [1.29, 1.82) is 5.26 Å². The van der Waals surface area contributed by atoms with E-state index in [2.05, 4.69) is 18.3 Å². The van der Waals surface area contributed by atoms with Gasteiger partial charge >= 0.3 is 0 Å². The predicted molar refractivity (Wildman–Crippen MR) is 79.9 cm³/mol. The molecule has 0 bridgehead atoms. The number of nitrogens with one attached hydrogen (secondary N) is 1. The second-order valence-corrected chi connectivity index (χ2v) is 4.82. The highest BCUT2D eigenvalue weighted by Crippen LogP contribution is 2.27. The Morgan fingerprint density at radius 2 is 1.90 bits per heavy atom. The Kier molecular flexibility index (Phi) is 4.39. The van der Waals surface area contributed by atoms with Gasteiger partial charge in [-0.15, -0.1) is 0 Å². The summed E-state index contributed by atoms with van der Waals surface area (Å²) in [6, 6.07) is 13.8. The first kappa shape index (κ1) is 14.1. The molecule has 102 valence electrons. The molecule has 2 aromatic carbocycles. The van der Waals surface area contributed by atoms with Crippen molar-refractivity contribution in [1.82, 2.24) is 5.32 Å². The Morgan fingerprint density at radius 3 is 2.55 bits per heavy atom. The SMILES string of the molecule is CNCc1ccc(Oc2ccc(C)c(C)c2)c(C#N)c1. The van der Waals surface area contributed by atoms with Crippen molar-refractivity contribution >= 4 is 0 Å². The summed E-state index contributed by atoms with van der Waals surface area (Å²) < 4.78 is 5.83. The zero-order valence-corrected chi connectivity index (χ0v) is 12.0. The lowest BCUT2D eigenvalue weighted by Gasteiger charge is -2.10. The third-order valence-corrected chi connectivity index (χ3v) is 3.25. The van der Waals surface area contributed by atoms with Crippen molar-refractivity contribution < 1.29 is 4.74 Å². The highest BCUT2D eigenvalue weighted by Gasteiger charge is 2.06. The van der Waals surface area contributed by atoms with E-state index in [0.717, 1.165) is 17.9 Å². The smallest absolute Gasteiger partial charge is 0.145 e. The molecule has 0 aliphatic rings. The Hall–Kier alpha value is -2.31. The Balaban J connectivity index is 2.28. The van der Waals surface area contributed by atoms with Crippen LogP contribution in [0.4, 0.5) is 0 Å². The third-order valence-electron chi connectivity index (χ3n) is 3.25. The minimum absolute atomic E-state index is 0.552. The van der Waals surface area contributed by atoms with E-state index in [1.54, 1.807) is 0 Å². The fourth-order valence-corrected chi connectivity index (χ4v) is 1.97. The molecule has 1 N–H and O–H groups in total. The van der Waals surface area contributed by atoms with Gasteiger partial charge in [-0.25, -0.2) is 0 Å². The van der Waals surface area contributed by atoms with E-state index in [4.69, 9.17) is 4.74 Å². The summed E-state index contributed by atoms with van der Waals surface area (Å²) in [6.07, 6.45) is 0. The van der Waals surface area contributed by atoms with Crippen LogP contribution in [0.5, 0.6) is 11.5 Å². The lowest BCUT2D eigenvalue weighted by atomic mass is 10.1. The topological polar surface area (TPSA) is 45.0 Å². The van der Waals surface area contributed by atoms with Gasteiger partial charge in [0.2, 0.25) is 0 Å². The van der Waals surface area contributed by atoms with Crippen LogP contribution < -0.4 is 10.1 Å². The lowest BCUT2D eigenvalue weighted by Crippen LogP contribution is -2.05. The van der Waals surface area contributed by atoms with Crippen LogP contribution >= 0.6 is 0 Å². The highest BCUT2D eigenvalue weighted by atomic mass is 16.5. The fourth-order valence-electron chi connectivity index (χ4n) is 1.97. The zero-order valence-electron chi connectivity index (χ0n) is 12.0. The Bertz CT molecular complexity index is 657. The number of hydrogen-bond donors (Lipinski definition) is 1. The minimum atomic E-state index is 0.552. The third kappa shape index (κ3) is 3.17. The summed E-state index contributed by atoms with van der Waals surface area (Å²) >= 11 is 0. The van der Waals surface area contributed by atoms with Gasteiger partial charge in [0.05, 0.1) is 5.56 Å². The van der Waals surface area contributed by atoms with Gasteiger partial charge < -0.3 is 10.1 Å². The molecule has 0 unspecified atom stereocenters. The maximum Gasteiger partial charge on any atom is 0.145 e. The van der Waals surface area contributed by atoms with Crippen LogP contribution in [0.3, 0.4) is 0 Å². The lowest BCUT2D eigenvalue weighted by molar-refractivity contribution is 0.480. The molecule has 0 atom stereocenters. The second kappa shape index (κ2) is 6.23. The Morgan fingerprint density at radius 1 is 1.10 bits per heavy atom. The van der Waals surface area contributed by atoms with Crippen LogP contribution in [-0.2, 0) is 6.54 Å². The van der Waals surface area contributed by atoms with E-state index < -0.39 is 0 Å². The molecule has 0 aliphatic carbocycles. The number of benzene rings is 2. The molecule has 3 nitrogen and oxygen atoms in total. The van der Waals surface area contributed by atoms with Crippen molar-refractivity contribution in [2.45, 2.75) is 20.4 Å². The molecule has 0 saturated heterocycles. The summed E-state index contributed by atoms with van der Waals surface area (Å²) in [7, 11) is 1.88. The molecular formula is C17H18N2O. The van der Waals surface area contributed by atoms with Gasteiger partial charge in [0.1, 0.15) is 17.6 Å². The van der Waals surface area contributed by atoms with E-state index in [1.807, 2.05) is 50.4 Å². The standard InChI is InChI=1S/C17H18N2O/c1-12-4-6-16(8-13(12)2)20-17-7-5-14(11-19-3)9-15(17)10-18/h4-9,19H,11H2,1-3H3. The average molecular weight is 266 g/mol. The first-order valence-corrected chi connectivity index (χ1v) is 6.57. The van der Waals surface area contributed by atoms with E-state index >= 15 is 0 Å². The van der Waals surface area contributed by atoms with E-state index in [-0.39, 0.29) is 0 Å². The molecule has 0 saturated carbocycles. The molecular weight excluding hydrogens is 248 g/mol. The number of hydrogen-bond acceptors (Lipinski definition) is 3. The first-order chi connectivity index (χ1) is 9.63. The molecule has 2 aromatic rings. The molecule has 0 fully saturated rings. The quantitative estimate of drug-likeness (QED) is 0.918. The second-order valence-electron chi connectivity index (χ2n) is 4.82. The zero-order chi connectivity index (χ0) is 14.5. The van der Waals surface area contributed by atoms with Crippen LogP contribution in [0, 0.1) is 25.2 Å². The number of aryl methyl sites for hydroxylation is 2. The maximum atomic E-state index is 9.24. The van der Waals surface area contributed by atoms with Crippen LogP contribution in [0.1, 0.15) is 22.3 Å². The van der Waals surface area contributed by atoms with Gasteiger partial charge in [-0.05, 0) is 61.9 Å². The summed E-state index contributed by atoms with van der Waals surface area (Å²) in [5.74, 6) is 1.35. The number of nitrogens with zero attached hydrogens (tertiary/aromatic N) is 1. The van der Waals surface area contributed by atoms with Gasteiger partial charge in [0.15, 0.2) is 0 Å². The number of nitriles is 1. The highest BCUT2D eigenvalue weighted by molar-refractivity contribution is 5.48. The fraction of sp³-hybridized carbons (Fsp3) is 0.235. The van der Waals surface area contributed by atoms with Crippen LogP contribution in [-0.4, -0.2) is 7.05 Å². The van der Waals surface area contributed by atoms with Crippen molar-refractivity contribution in [3.05, 3.63) is 58.7 Å². The van der Waals surface area contributed by atoms with Gasteiger partial charge in [0, 0.05) is 6.54 Å². The molecule has 0 amide bonds. The minimum Gasteiger partial charge on any atom is -0.456 e. The van der Waals surface area contributed by atoms with Crippen LogP contribution in [0.2, 0.25) is 0 Å². The van der Waals surface area contributed by atoms with E-state index in [1.165, 1.54) is 11.1 Å². The molecule has 0 aromatic heterocycles. The van der Waals surface area contributed by atoms with Crippen molar-refractivity contribution in [3.63, 3.8) is 0 Å². The largest absolute Gasteiger partial charge is 0.456 e. The van der Waals surface area contributed by atoms with Gasteiger partial charge in [0.25, 0.3) is 0 Å². The van der Waals surface area contributed by atoms with E-state index in [0.29, 0.717) is 11.3 Å². The maximum absolute atomic E-state index is 9.24. The van der Waals surface area contributed by atoms with Gasteiger partial charge in [-0.1, -0.05) is 12.1 Å². The first-order valence-electron chi connectivity index (χ1n) is 6.57. The van der Waals surface area contributed by atoms with Crippen LogP contribution in [0.15, 0.2) is 36.4 Å². The molecule has 2 rings (SSSR count). The average Bonchev–Trinajstić information content (AvgIpc) is 2.45. The molecule has 3 heteroatoms. The summed E-state index contributed by atoms with van der Waals surface area (Å²) in [5.41, 5.74) is 4.02. The van der Waals surface area contributed by atoms with Crippen molar-refractivity contribution in [2.75, 3.05) is 7.05 Å². The number of ether oxygens (including phenoxy) is 1. The van der Waals surface area contributed by atoms with E-state index in [9.17, 15) is 5.26 Å². The predicted octanol–water partition coefficient (Wildman–Crippen LogP) is 3.69. The van der Waals surface area contributed by atoms with Gasteiger partial charge in [-0.2, -0.15) is 5.26 Å². The summed E-state index contributed by atoms with van der Waals surface area (Å²) in [5, 5.41) is 12.3. The summed E-state index contributed by atoms with van der Waals surface area (Å²) in [4.78, 5) is 0. The molecule has 0 heterocycles. The monoisotopic (exact) mass is 266 g/mol.